The molecule has 1 atom stereocenters. The Morgan fingerprint density at radius 3 is 2.33 bits per heavy atom. The van der Waals surface area contributed by atoms with Crippen LogP contribution in [0.3, 0.4) is 0 Å². The van der Waals surface area contributed by atoms with Crippen molar-refractivity contribution in [3.63, 3.8) is 0 Å². The third-order valence-electron chi connectivity index (χ3n) is 3.16. The smallest absolute Gasteiger partial charge is 0.0469 e. The van der Waals surface area contributed by atoms with Gasteiger partial charge in [-0.1, -0.05) is 35.7 Å². The van der Waals surface area contributed by atoms with Crippen molar-refractivity contribution < 1.29 is 5.11 Å². The van der Waals surface area contributed by atoms with E-state index in [1.54, 1.807) is 0 Å². The summed E-state index contributed by atoms with van der Waals surface area (Å²) in [6.45, 7) is 2.68. The van der Waals surface area contributed by atoms with Gasteiger partial charge in [0.1, 0.15) is 0 Å². The largest absolute Gasteiger partial charge is 0.396 e. The Labute approximate surface area is 83.7 Å². The molecule has 0 aromatic rings. The van der Waals surface area contributed by atoms with Gasteiger partial charge in [-0.05, 0) is 30.6 Å². The highest BCUT2D eigenvalue weighted by atomic mass is 79.9. The number of hydrogen-bond donors (Lipinski definition) is 1. The van der Waals surface area contributed by atoms with E-state index in [1.165, 1.54) is 25.7 Å². The summed E-state index contributed by atoms with van der Waals surface area (Å²) < 4.78 is 0. The molecule has 1 aliphatic rings. The van der Waals surface area contributed by atoms with Crippen molar-refractivity contribution in [2.45, 2.75) is 32.6 Å². The molecule has 0 aliphatic heterocycles. The van der Waals surface area contributed by atoms with Gasteiger partial charge in [-0.2, -0.15) is 0 Å². The van der Waals surface area contributed by atoms with E-state index in [2.05, 4.69) is 22.9 Å². The zero-order valence-electron chi connectivity index (χ0n) is 7.80. The van der Waals surface area contributed by atoms with E-state index in [9.17, 15) is 0 Å². The van der Waals surface area contributed by atoms with Crippen LogP contribution in [-0.4, -0.2) is 17.0 Å². The van der Waals surface area contributed by atoms with Crippen molar-refractivity contribution in [1.82, 2.24) is 0 Å². The molecule has 1 unspecified atom stereocenters. The fourth-order valence-electron chi connectivity index (χ4n) is 2.08. The van der Waals surface area contributed by atoms with E-state index < -0.39 is 0 Å². The van der Waals surface area contributed by atoms with Crippen LogP contribution in [-0.2, 0) is 0 Å². The molecule has 1 saturated carbocycles. The Bertz CT molecular complexity index is 115. The van der Waals surface area contributed by atoms with Gasteiger partial charge in [0.2, 0.25) is 0 Å². The average Bonchev–Trinajstić information content (AvgIpc) is 2.10. The lowest BCUT2D eigenvalue weighted by Gasteiger charge is -2.30. The fourth-order valence-corrected chi connectivity index (χ4v) is 2.81. The van der Waals surface area contributed by atoms with E-state index >= 15 is 0 Å². The first kappa shape index (κ1) is 10.5. The second-order valence-corrected chi connectivity index (χ2v) is 4.76. The number of halogens is 1. The van der Waals surface area contributed by atoms with Gasteiger partial charge in [0.25, 0.3) is 0 Å². The van der Waals surface area contributed by atoms with Crippen LogP contribution in [0.1, 0.15) is 32.6 Å². The minimum atomic E-state index is 0.351. The third kappa shape index (κ3) is 2.74. The number of aliphatic hydroxyl groups is 1. The summed E-state index contributed by atoms with van der Waals surface area (Å²) in [5, 5.41) is 10.1. The van der Waals surface area contributed by atoms with Crippen LogP contribution in [0.25, 0.3) is 0 Å². The summed E-state index contributed by atoms with van der Waals surface area (Å²) in [7, 11) is 0. The summed E-state index contributed by atoms with van der Waals surface area (Å²) in [6, 6.07) is 0. The summed E-state index contributed by atoms with van der Waals surface area (Å²) in [4.78, 5) is 0. The van der Waals surface area contributed by atoms with Crippen LogP contribution in [0.5, 0.6) is 0 Å². The van der Waals surface area contributed by atoms with Gasteiger partial charge >= 0.3 is 0 Å². The molecule has 0 aromatic carbocycles. The van der Waals surface area contributed by atoms with Gasteiger partial charge in [-0.15, -0.1) is 0 Å². The fraction of sp³-hybridized carbons (Fsp3) is 1.00. The normalized spacial score (nSPS) is 33.2. The number of alkyl halides is 1. The van der Waals surface area contributed by atoms with E-state index in [1.807, 2.05) is 0 Å². The summed E-state index contributed by atoms with van der Waals surface area (Å²) in [5.74, 6) is 2.18. The summed E-state index contributed by atoms with van der Waals surface area (Å²) in [6.07, 6.45) is 5.35. The topological polar surface area (TPSA) is 20.2 Å². The Hall–Kier alpha value is 0.440. The molecule has 1 rings (SSSR count). The summed E-state index contributed by atoms with van der Waals surface area (Å²) >= 11 is 3.47. The Morgan fingerprint density at radius 1 is 1.33 bits per heavy atom. The Balaban J connectivity index is 2.32. The first-order valence-electron chi connectivity index (χ1n) is 4.94. The van der Waals surface area contributed by atoms with Gasteiger partial charge in [0.05, 0.1) is 0 Å². The minimum Gasteiger partial charge on any atom is -0.396 e. The summed E-state index contributed by atoms with van der Waals surface area (Å²) in [5.41, 5.74) is 0. The van der Waals surface area contributed by atoms with Crippen molar-refractivity contribution in [2.24, 2.45) is 17.8 Å². The van der Waals surface area contributed by atoms with E-state index in [0.29, 0.717) is 12.5 Å². The van der Waals surface area contributed by atoms with Crippen LogP contribution < -0.4 is 0 Å². The van der Waals surface area contributed by atoms with Crippen LogP contribution in [0.15, 0.2) is 0 Å². The van der Waals surface area contributed by atoms with Crippen LogP contribution in [0.2, 0.25) is 0 Å². The molecule has 1 N–H and O–H groups in total. The zero-order valence-corrected chi connectivity index (χ0v) is 9.39. The lowest BCUT2D eigenvalue weighted by Crippen LogP contribution is -2.24. The molecule has 0 radical (unpaired) electrons. The monoisotopic (exact) mass is 234 g/mol. The average molecular weight is 235 g/mol. The maximum absolute atomic E-state index is 9.11. The molecule has 0 heterocycles. The van der Waals surface area contributed by atoms with Crippen LogP contribution in [0.4, 0.5) is 0 Å². The van der Waals surface area contributed by atoms with Gasteiger partial charge in [-0.3, -0.25) is 0 Å². The lowest BCUT2D eigenvalue weighted by atomic mass is 9.77. The predicted octanol–water partition coefficient (Wildman–Crippen LogP) is 2.82. The van der Waals surface area contributed by atoms with Crippen molar-refractivity contribution in [1.29, 1.82) is 0 Å². The van der Waals surface area contributed by atoms with E-state index in [-0.39, 0.29) is 0 Å². The number of hydrogen-bond acceptors (Lipinski definition) is 1. The van der Waals surface area contributed by atoms with Crippen molar-refractivity contribution in [3.05, 3.63) is 0 Å². The highest BCUT2D eigenvalue weighted by Crippen LogP contribution is 2.33. The van der Waals surface area contributed by atoms with Crippen molar-refractivity contribution in [2.75, 3.05) is 11.9 Å². The van der Waals surface area contributed by atoms with Gasteiger partial charge in [0, 0.05) is 11.9 Å². The lowest BCUT2D eigenvalue weighted by molar-refractivity contribution is 0.150. The molecule has 1 fully saturated rings. The molecule has 72 valence electrons. The van der Waals surface area contributed by atoms with Crippen LogP contribution in [0, 0.1) is 17.8 Å². The van der Waals surface area contributed by atoms with Gasteiger partial charge in [0.15, 0.2) is 0 Å². The number of rotatable bonds is 3. The maximum Gasteiger partial charge on any atom is 0.0469 e. The quantitative estimate of drug-likeness (QED) is 0.746. The molecule has 0 bridgehead atoms. The Kier molecular flexibility index (Phi) is 4.59. The molecule has 0 spiro atoms. The maximum atomic E-state index is 9.11. The van der Waals surface area contributed by atoms with Gasteiger partial charge < -0.3 is 5.11 Å². The molecular formula is C10H19BrO. The third-order valence-corrected chi connectivity index (χ3v) is 3.99. The molecular weight excluding hydrogens is 216 g/mol. The second-order valence-electron chi connectivity index (χ2n) is 4.12. The van der Waals surface area contributed by atoms with E-state index in [0.717, 1.165) is 17.2 Å². The zero-order chi connectivity index (χ0) is 8.97. The minimum absolute atomic E-state index is 0.351. The van der Waals surface area contributed by atoms with Gasteiger partial charge in [-0.25, -0.2) is 0 Å². The van der Waals surface area contributed by atoms with Crippen molar-refractivity contribution >= 4 is 15.9 Å². The molecule has 1 aliphatic carbocycles. The van der Waals surface area contributed by atoms with Crippen LogP contribution >= 0.6 is 15.9 Å². The molecule has 12 heavy (non-hydrogen) atoms. The molecule has 0 amide bonds. The standard InChI is InChI=1S/C10H19BrO/c1-8-2-4-9(5-3-8)10(6-11)7-12/h8-10,12H,2-7H2,1H3. The highest BCUT2D eigenvalue weighted by molar-refractivity contribution is 9.09. The second kappa shape index (κ2) is 5.23. The Morgan fingerprint density at radius 2 is 1.92 bits per heavy atom. The molecule has 1 nitrogen and oxygen atoms in total. The molecule has 0 saturated heterocycles. The predicted molar refractivity (Wildman–Crippen MR) is 55.5 cm³/mol. The SMILES string of the molecule is CC1CCC(C(CO)CBr)CC1. The number of aliphatic hydroxyl groups excluding tert-OH is 1. The first-order valence-corrected chi connectivity index (χ1v) is 6.07. The van der Waals surface area contributed by atoms with Crippen molar-refractivity contribution in [3.8, 4) is 0 Å². The highest BCUT2D eigenvalue weighted by Gasteiger charge is 2.24. The molecule has 2 heteroatoms. The molecule has 0 aromatic heterocycles. The first-order chi connectivity index (χ1) is 5.77. The van der Waals surface area contributed by atoms with E-state index in [4.69, 9.17) is 5.11 Å².